The van der Waals surface area contributed by atoms with Crippen molar-refractivity contribution in [3.63, 3.8) is 0 Å². The molecule has 0 unspecified atom stereocenters. The first-order valence-electron chi connectivity index (χ1n) is 5.84. The van der Waals surface area contributed by atoms with E-state index in [2.05, 4.69) is 15.3 Å². The lowest BCUT2D eigenvalue weighted by Gasteiger charge is -2.07. The van der Waals surface area contributed by atoms with Crippen LogP contribution in [-0.4, -0.2) is 22.5 Å². The molecule has 0 bridgehead atoms. The van der Waals surface area contributed by atoms with Gasteiger partial charge < -0.3 is 10.4 Å². The highest BCUT2D eigenvalue weighted by molar-refractivity contribution is 5.67. The standard InChI is InChI=1S/C11H13N5O4/c12-15-14-8-4-5-9(10(7-8)16(19)20)13-6-2-1-3-11(17)18/h4-5,7,13H,1-3,6H2,(H,17,18). The van der Waals surface area contributed by atoms with Crippen molar-refractivity contribution < 1.29 is 14.8 Å². The number of nitrogens with zero attached hydrogens (tertiary/aromatic N) is 4. The first kappa shape index (κ1) is 15.3. The number of azide groups is 1. The van der Waals surface area contributed by atoms with Crippen molar-refractivity contribution in [2.75, 3.05) is 11.9 Å². The number of hydrogen-bond donors (Lipinski definition) is 2. The number of anilines is 1. The summed E-state index contributed by atoms with van der Waals surface area (Å²) < 4.78 is 0. The molecule has 0 saturated heterocycles. The molecule has 0 aliphatic carbocycles. The second kappa shape index (κ2) is 7.59. The maximum Gasteiger partial charge on any atom is 0.303 e. The Hall–Kier alpha value is -2.80. The van der Waals surface area contributed by atoms with E-state index >= 15 is 0 Å². The second-order valence-electron chi connectivity index (χ2n) is 3.93. The van der Waals surface area contributed by atoms with Crippen LogP contribution in [0.25, 0.3) is 10.4 Å². The topological polar surface area (TPSA) is 141 Å². The van der Waals surface area contributed by atoms with E-state index in [0.29, 0.717) is 25.1 Å². The third-order valence-corrected chi connectivity index (χ3v) is 2.47. The normalized spacial score (nSPS) is 9.60. The molecule has 20 heavy (non-hydrogen) atoms. The number of carbonyl (C=O) groups is 1. The van der Waals surface area contributed by atoms with Crippen LogP contribution < -0.4 is 5.32 Å². The van der Waals surface area contributed by atoms with E-state index < -0.39 is 10.9 Å². The summed E-state index contributed by atoms with van der Waals surface area (Å²) in [4.78, 5) is 23.2. The molecule has 1 aromatic rings. The number of nitro groups is 1. The Bertz CT molecular complexity index is 554. The lowest BCUT2D eigenvalue weighted by Crippen LogP contribution is -2.05. The molecule has 0 saturated carbocycles. The number of aliphatic carboxylic acids is 1. The van der Waals surface area contributed by atoms with Gasteiger partial charge in [-0.2, -0.15) is 0 Å². The molecule has 0 spiro atoms. The second-order valence-corrected chi connectivity index (χ2v) is 3.93. The maximum atomic E-state index is 10.9. The Morgan fingerprint density at radius 2 is 2.25 bits per heavy atom. The Balaban J connectivity index is 2.67. The van der Waals surface area contributed by atoms with Crippen LogP contribution in [0.1, 0.15) is 19.3 Å². The third-order valence-electron chi connectivity index (χ3n) is 2.47. The zero-order valence-corrected chi connectivity index (χ0v) is 10.5. The summed E-state index contributed by atoms with van der Waals surface area (Å²) in [7, 11) is 0. The van der Waals surface area contributed by atoms with Gasteiger partial charge >= 0.3 is 5.97 Å². The molecule has 0 heterocycles. The summed E-state index contributed by atoms with van der Waals surface area (Å²) >= 11 is 0. The van der Waals surface area contributed by atoms with Gasteiger partial charge in [0.05, 0.1) is 4.92 Å². The van der Waals surface area contributed by atoms with E-state index in [0.717, 1.165) is 0 Å². The fourth-order valence-corrected chi connectivity index (χ4v) is 1.56. The molecule has 1 aromatic carbocycles. The molecule has 0 aliphatic heterocycles. The maximum absolute atomic E-state index is 10.9. The summed E-state index contributed by atoms with van der Waals surface area (Å²) in [5.41, 5.74) is 8.57. The van der Waals surface area contributed by atoms with Gasteiger partial charge in [0.25, 0.3) is 5.69 Å². The Morgan fingerprint density at radius 3 is 2.85 bits per heavy atom. The average molecular weight is 279 g/mol. The highest BCUT2D eigenvalue weighted by Crippen LogP contribution is 2.29. The summed E-state index contributed by atoms with van der Waals surface area (Å²) in [5.74, 6) is -0.866. The fraction of sp³-hybridized carbons (Fsp3) is 0.364. The first-order valence-corrected chi connectivity index (χ1v) is 5.84. The largest absolute Gasteiger partial charge is 0.481 e. The molecule has 9 heteroatoms. The van der Waals surface area contributed by atoms with Gasteiger partial charge in [0.1, 0.15) is 5.69 Å². The minimum Gasteiger partial charge on any atom is -0.481 e. The van der Waals surface area contributed by atoms with Gasteiger partial charge in [-0.05, 0) is 24.4 Å². The zero-order valence-electron chi connectivity index (χ0n) is 10.5. The molecule has 0 aliphatic rings. The first-order chi connectivity index (χ1) is 9.54. The lowest BCUT2D eigenvalue weighted by atomic mass is 10.2. The molecule has 1 rings (SSSR count). The predicted octanol–water partition coefficient (Wildman–Crippen LogP) is 3.20. The number of rotatable bonds is 8. The van der Waals surface area contributed by atoms with Gasteiger partial charge in [-0.15, -0.1) is 0 Å². The van der Waals surface area contributed by atoms with Crippen LogP contribution in [0.4, 0.5) is 17.1 Å². The molecule has 0 atom stereocenters. The van der Waals surface area contributed by atoms with Crippen LogP contribution >= 0.6 is 0 Å². The highest BCUT2D eigenvalue weighted by atomic mass is 16.6. The number of carboxylic acids is 1. The minimum atomic E-state index is -0.866. The van der Waals surface area contributed by atoms with Crippen LogP contribution in [0.15, 0.2) is 23.3 Å². The van der Waals surface area contributed by atoms with Gasteiger partial charge in [0.2, 0.25) is 0 Å². The molecule has 9 nitrogen and oxygen atoms in total. The number of carboxylic acid groups (broad SMARTS) is 1. The van der Waals surface area contributed by atoms with E-state index in [9.17, 15) is 14.9 Å². The van der Waals surface area contributed by atoms with E-state index in [4.69, 9.17) is 10.6 Å². The number of benzene rings is 1. The fourth-order valence-electron chi connectivity index (χ4n) is 1.56. The number of hydrogen-bond acceptors (Lipinski definition) is 5. The van der Waals surface area contributed by atoms with Gasteiger partial charge in [-0.25, -0.2) is 0 Å². The van der Waals surface area contributed by atoms with Crippen molar-refractivity contribution in [1.29, 1.82) is 0 Å². The van der Waals surface area contributed by atoms with Crippen molar-refractivity contribution in [2.24, 2.45) is 5.11 Å². The summed E-state index contributed by atoms with van der Waals surface area (Å²) in [6, 6.07) is 4.10. The van der Waals surface area contributed by atoms with E-state index in [-0.39, 0.29) is 17.8 Å². The van der Waals surface area contributed by atoms with Gasteiger partial charge in [-0.3, -0.25) is 14.9 Å². The molecule has 2 N–H and O–H groups in total. The van der Waals surface area contributed by atoms with Crippen LogP contribution in [0.2, 0.25) is 0 Å². The SMILES string of the molecule is [N-]=[N+]=Nc1ccc(NCCCCC(=O)O)c([N+](=O)[O-])c1. The predicted molar refractivity (Wildman–Crippen MR) is 71.9 cm³/mol. The van der Waals surface area contributed by atoms with Crippen LogP contribution in [-0.2, 0) is 4.79 Å². The zero-order chi connectivity index (χ0) is 15.0. The molecular weight excluding hydrogens is 266 g/mol. The quantitative estimate of drug-likeness (QED) is 0.187. The van der Waals surface area contributed by atoms with Crippen LogP contribution in [0.5, 0.6) is 0 Å². The van der Waals surface area contributed by atoms with Crippen LogP contribution in [0.3, 0.4) is 0 Å². The summed E-state index contributed by atoms with van der Waals surface area (Å²) in [5, 5.41) is 25.6. The molecule has 0 radical (unpaired) electrons. The van der Waals surface area contributed by atoms with Gasteiger partial charge in [0, 0.05) is 29.6 Å². The molecule has 0 amide bonds. The van der Waals surface area contributed by atoms with Crippen molar-refractivity contribution in [1.82, 2.24) is 0 Å². The molecular formula is C11H13N5O4. The monoisotopic (exact) mass is 279 g/mol. The van der Waals surface area contributed by atoms with E-state index in [1.165, 1.54) is 18.2 Å². The average Bonchev–Trinajstić information content (AvgIpc) is 2.39. The molecule has 106 valence electrons. The van der Waals surface area contributed by atoms with E-state index in [1.54, 1.807) is 0 Å². The number of unbranched alkanes of at least 4 members (excludes halogenated alkanes) is 1. The van der Waals surface area contributed by atoms with Gasteiger partial charge in [0.15, 0.2) is 0 Å². The van der Waals surface area contributed by atoms with Crippen molar-refractivity contribution in [2.45, 2.75) is 19.3 Å². The number of nitrogens with one attached hydrogen (secondary N) is 1. The minimum absolute atomic E-state index is 0.0690. The summed E-state index contributed by atoms with van der Waals surface area (Å²) in [6.07, 6.45) is 1.15. The third kappa shape index (κ3) is 4.83. The number of nitro benzene ring substituents is 1. The Kier molecular flexibility index (Phi) is 5.79. The highest BCUT2D eigenvalue weighted by Gasteiger charge is 2.13. The van der Waals surface area contributed by atoms with Crippen molar-refractivity contribution in [3.05, 3.63) is 38.8 Å². The van der Waals surface area contributed by atoms with E-state index in [1.807, 2.05) is 0 Å². The van der Waals surface area contributed by atoms with Gasteiger partial charge in [-0.1, -0.05) is 11.2 Å². The molecule has 0 aromatic heterocycles. The summed E-state index contributed by atoms with van der Waals surface area (Å²) in [6.45, 7) is 0.426. The van der Waals surface area contributed by atoms with Crippen molar-refractivity contribution >= 4 is 23.0 Å². The Morgan fingerprint density at radius 1 is 1.50 bits per heavy atom. The smallest absolute Gasteiger partial charge is 0.303 e. The van der Waals surface area contributed by atoms with Crippen molar-refractivity contribution in [3.8, 4) is 0 Å². The molecule has 0 fully saturated rings. The van der Waals surface area contributed by atoms with Crippen LogP contribution in [0, 0.1) is 10.1 Å². The lowest BCUT2D eigenvalue weighted by molar-refractivity contribution is -0.383. The Labute approximate surface area is 114 Å².